The van der Waals surface area contributed by atoms with E-state index in [9.17, 15) is 4.21 Å². The van der Waals surface area contributed by atoms with E-state index in [1.807, 2.05) is 18.2 Å². The van der Waals surface area contributed by atoms with E-state index in [0.29, 0.717) is 4.90 Å². The number of rotatable bonds is 1. The van der Waals surface area contributed by atoms with Gasteiger partial charge in [0.15, 0.2) is 0 Å². The molecule has 0 aliphatic carbocycles. The molecule has 0 saturated heterocycles. The van der Waals surface area contributed by atoms with Gasteiger partial charge in [-0.2, -0.15) is 0 Å². The van der Waals surface area contributed by atoms with Gasteiger partial charge < -0.3 is 0 Å². The Bertz CT molecular complexity index is 341. The molecule has 0 fully saturated rings. The molecular weight excluding hydrogens is 165 g/mol. The Kier molecular flexibility index (Phi) is 4.62. The third-order valence-electron chi connectivity index (χ3n) is 1.41. The second kappa shape index (κ2) is 4.71. The third kappa shape index (κ3) is 2.67. The van der Waals surface area contributed by atoms with Gasteiger partial charge in [-0.15, -0.1) is 0 Å². The first kappa shape index (κ1) is 11.8. The summed E-state index contributed by atoms with van der Waals surface area (Å²) in [5.74, 6) is 0. The van der Waals surface area contributed by atoms with E-state index in [1.54, 1.807) is 12.1 Å². The molecule has 0 radical (unpaired) electrons. The molecule has 0 N–H and O–H groups in total. The van der Waals surface area contributed by atoms with Crippen molar-refractivity contribution in [2.24, 2.45) is 4.36 Å². The van der Waals surface area contributed by atoms with Crippen LogP contribution in [-0.4, -0.2) is 11.3 Å². The van der Waals surface area contributed by atoms with Gasteiger partial charge >= 0.3 is 18.9 Å². The van der Waals surface area contributed by atoms with Crippen LogP contribution >= 0.6 is 0 Å². The Labute approximate surface area is 85.7 Å². The van der Waals surface area contributed by atoms with E-state index in [-0.39, 0.29) is 18.9 Å². The third-order valence-corrected chi connectivity index (χ3v) is 3.01. The van der Waals surface area contributed by atoms with Gasteiger partial charge in [-0.25, -0.2) is 6.26 Å². The predicted molar refractivity (Wildman–Crippen MR) is 46.6 cm³/mol. The van der Waals surface area contributed by atoms with Crippen LogP contribution in [0.1, 0.15) is 0 Å². The minimum atomic E-state index is -2.37. The molecule has 2 nitrogen and oxygen atoms in total. The Morgan fingerprint density at radius 3 is 2.25 bits per heavy atom. The molecule has 1 aromatic rings. The maximum Gasteiger partial charge on any atom is 1.00 e. The number of benzene rings is 1. The van der Waals surface area contributed by atoms with Gasteiger partial charge in [0, 0.05) is 11.9 Å². The maximum absolute atomic E-state index is 11.5. The molecule has 0 amide bonds. The van der Waals surface area contributed by atoms with E-state index < -0.39 is 9.73 Å². The van der Waals surface area contributed by atoms with Crippen LogP contribution in [0.25, 0.3) is 0 Å². The molecule has 0 bridgehead atoms. The number of hydrogen-bond acceptors (Lipinski definition) is 2. The predicted octanol–water partition coefficient (Wildman–Crippen LogP) is -1.06. The van der Waals surface area contributed by atoms with Gasteiger partial charge in [-0.05, 0) is 12.1 Å². The summed E-state index contributed by atoms with van der Waals surface area (Å²) in [7, 11) is -0.857. The summed E-state index contributed by atoms with van der Waals surface area (Å²) >= 11 is 0. The molecule has 0 aliphatic heterocycles. The molecule has 12 heavy (non-hydrogen) atoms. The van der Waals surface area contributed by atoms with Crippen LogP contribution in [0.5, 0.6) is 0 Å². The van der Waals surface area contributed by atoms with Gasteiger partial charge in [0.1, 0.15) is 0 Å². The minimum absolute atomic E-state index is 0. The Balaban J connectivity index is 0.00000121. The number of nitrogens with zero attached hydrogens (tertiary/aromatic N) is 1. The molecule has 1 aromatic carbocycles. The van der Waals surface area contributed by atoms with Crippen LogP contribution < -0.4 is 18.9 Å². The van der Waals surface area contributed by atoms with E-state index in [2.05, 4.69) is 10.6 Å². The summed E-state index contributed by atoms with van der Waals surface area (Å²) < 4.78 is 15.2. The second-order valence-electron chi connectivity index (χ2n) is 2.14. The fourth-order valence-electron chi connectivity index (χ4n) is 0.739. The fraction of sp³-hybridized carbons (Fsp3) is 0.125. The monoisotopic (exact) mass is 175 g/mol. The van der Waals surface area contributed by atoms with Crippen molar-refractivity contribution in [2.45, 2.75) is 4.90 Å². The zero-order valence-electron chi connectivity index (χ0n) is 7.36. The molecule has 60 valence electrons. The molecular formula is C8H10LiNOS. The van der Waals surface area contributed by atoms with Crippen molar-refractivity contribution in [2.75, 3.05) is 7.05 Å². The standard InChI is InChI=1S/C8H10NOS.Li/c1-9-11(2,10)8-6-4-3-5-7-8;/h3-7H,2H2,1H3;/q-1;+1. The molecule has 1 unspecified atom stereocenters. The summed E-state index contributed by atoms with van der Waals surface area (Å²) in [6.07, 6.45) is 3.52. The maximum atomic E-state index is 11.5. The molecule has 0 aliphatic rings. The van der Waals surface area contributed by atoms with Crippen molar-refractivity contribution in [1.29, 1.82) is 0 Å². The first-order valence-corrected chi connectivity index (χ1v) is 4.88. The Morgan fingerprint density at radius 1 is 1.33 bits per heavy atom. The molecule has 0 spiro atoms. The van der Waals surface area contributed by atoms with Gasteiger partial charge in [0.25, 0.3) is 0 Å². The fourth-order valence-corrected chi connectivity index (χ4v) is 1.53. The molecule has 0 aromatic heterocycles. The average Bonchev–Trinajstić information content (AvgIpc) is 2.06. The van der Waals surface area contributed by atoms with Crippen molar-refractivity contribution in [3.63, 3.8) is 0 Å². The SMILES string of the molecule is [CH2-]S(=O)(=NC)c1ccccc1.[Li+]. The second-order valence-corrected chi connectivity index (χ2v) is 4.25. The first-order chi connectivity index (χ1) is 5.17. The zero-order chi connectivity index (χ0) is 8.32. The summed E-state index contributed by atoms with van der Waals surface area (Å²) in [6, 6.07) is 9.05. The average molecular weight is 175 g/mol. The summed E-state index contributed by atoms with van der Waals surface area (Å²) in [5, 5.41) is 0. The first-order valence-electron chi connectivity index (χ1n) is 3.20. The van der Waals surface area contributed by atoms with Gasteiger partial charge in [-0.1, -0.05) is 27.9 Å². The minimum Gasteiger partial charge on any atom is -0.278 e. The topological polar surface area (TPSA) is 29.4 Å². The molecule has 0 saturated carbocycles. The summed E-state index contributed by atoms with van der Waals surface area (Å²) in [6.45, 7) is 0. The Morgan fingerprint density at radius 2 is 1.83 bits per heavy atom. The normalized spacial score (nSPS) is 14.2. The quantitative estimate of drug-likeness (QED) is 0.395. The van der Waals surface area contributed by atoms with Crippen LogP contribution in [0.15, 0.2) is 39.6 Å². The van der Waals surface area contributed by atoms with Crippen LogP contribution in [0, 0.1) is 6.26 Å². The zero-order valence-corrected chi connectivity index (χ0v) is 8.17. The van der Waals surface area contributed by atoms with Crippen LogP contribution in [0.3, 0.4) is 0 Å². The Hall–Kier alpha value is -0.233. The van der Waals surface area contributed by atoms with Gasteiger partial charge in [-0.3, -0.25) is 8.57 Å². The van der Waals surface area contributed by atoms with Crippen LogP contribution in [0.2, 0.25) is 0 Å². The van der Waals surface area contributed by atoms with Crippen molar-refractivity contribution < 1.29 is 23.1 Å². The van der Waals surface area contributed by atoms with Crippen molar-refractivity contribution in [1.82, 2.24) is 0 Å². The van der Waals surface area contributed by atoms with Crippen molar-refractivity contribution >= 4 is 9.73 Å². The molecule has 0 heterocycles. The van der Waals surface area contributed by atoms with Gasteiger partial charge in [0.2, 0.25) is 0 Å². The van der Waals surface area contributed by atoms with E-state index in [1.165, 1.54) is 7.05 Å². The van der Waals surface area contributed by atoms with Crippen LogP contribution in [0.4, 0.5) is 0 Å². The number of hydrogen-bond donors (Lipinski definition) is 0. The van der Waals surface area contributed by atoms with Crippen LogP contribution in [-0.2, 0) is 9.73 Å². The smallest absolute Gasteiger partial charge is 0.278 e. The molecule has 1 rings (SSSR count). The van der Waals surface area contributed by atoms with E-state index >= 15 is 0 Å². The molecule has 4 heteroatoms. The summed E-state index contributed by atoms with van der Waals surface area (Å²) in [4.78, 5) is 0.683. The molecule has 1 atom stereocenters. The van der Waals surface area contributed by atoms with E-state index in [0.717, 1.165) is 0 Å². The largest absolute Gasteiger partial charge is 1.00 e. The summed E-state index contributed by atoms with van der Waals surface area (Å²) in [5.41, 5.74) is 0. The van der Waals surface area contributed by atoms with E-state index in [4.69, 9.17) is 0 Å². The van der Waals surface area contributed by atoms with Crippen molar-refractivity contribution in [3.05, 3.63) is 36.6 Å². The van der Waals surface area contributed by atoms with Gasteiger partial charge in [0.05, 0.1) is 0 Å². The van der Waals surface area contributed by atoms with Crippen molar-refractivity contribution in [3.8, 4) is 0 Å².